The zero-order chi connectivity index (χ0) is 19.5. The Bertz CT molecular complexity index is 1080. The Balaban J connectivity index is 1.59. The molecule has 3 aromatic rings. The van der Waals surface area contributed by atoms with E-state index in [1.165, 1.54) is 0 Å². The quantitative estimate of drug-likeness (QED) is 0.751. The molecule has 0 unspecified atom stereocenters. The zero-order valence-electron chi connectivity index (χ0n) is 15.9. The van der Waals surface area contributed by atoms with Crippen molar-refractivity contribution in [3.8, 4) is 28.7 Å². The van der Waals surface area contributed by atoms with Gasteiger partial charge in [-0.15, -0.1) is 0 Å². The van der Waals surface area contributed by atoms with Crippen molar-refractivity contribution in [2.24, 2.45) is 5.73 Å². The minimum Gasteiger partial charge on any atom is -0.491 e. The largest absolute Gasteiger partial charge is 0.491 e. The molecule has 1 fully saturated rings. The van der Waals surface area contributed by atoms with Crippen molar-refractivity contribution < 1.29 is 9.53 Å². The topological polar surface area (TPSA) is 101 Å². The molecular weight excluding hydrogens is 356 g/mol. The molecule has 8 nitrogen and oxygen atoms in total. The molecular formula is C20H22N6O2. The number of primary amides is 1. The van der Waals surface area contributed by atoms with Crippen LogP contribution in [-0.2, 0) is 16.8 Å². The van der Waals surface area contributed by atoms with E-state index in [2.05, 4.69) is 28.5 Å². The summed E-state index contributed by atoms with van der Waals surface area (Å²) in [6, 6.07) is 6.10. The Hall–Kier alpha value is -3.16. The maximum Gasteiger partial charge on any atom is 0.228 e. The fourth-order valence-corrected chi connectivity index (χ4v) is 3.90. The highest BCUT2D eigenvalue weighted by Crippen LogP contribution is 2.49. The maximum atomic E-state index is 11.9. The van der Waals surface area contributed by atoms with E-state index in [-0.39, 0.29) is 11.9 Å². The Labute approximate surface area is 162 Å². The van der Waals surface area contributed by atoms with Crippen molar-refractivity contribution >= 4 is 5.91 Å². The van der Waals surface area contributed by atoms with Crippen LogP contribution in [0.3, 0.4) is 0 Å². The summed E-state index contributed by atoms with van der Waals surface area (Å²) >= 11 is 0. The first kappa shape index (κ1) is 17.0. The molecule has 0 atom stereocenters. The first-order valence-corrected chi connectivity index (χ1v) is 9.54. The van der Waals surface area contributed by atoms with Crippen LogP contribution < -0.4 is 10.5 Å². The summed E-state index contributed by atoms with van der Waals surface area (Å²) < 4.78 is 9.93. The molecule has 0 radical (unpaired) electrons. The molecule has 1 aliphatic carbocycles. The minimum absolute atomic E-state index is 0.195. The second-order valence-corrected chi connectivity index (χ2v) is 7.77. The lowest BCUT2D eigenvalue weighted by Gasteiger charge is -2.14. The van der Waals surface area contributed by atoms with E-state index in [4.69, 9.17) is 15.5 Å². The van der Waals surface area contributed by atoms with Crippen LogP contribution in [0.1, 0.15) is 38.3 Å². The molecule has 1 saturated carbocycles. The van der Waals surface area contributed by atoms with Gasteiger partial charge in [-0.25, -0.2) is 14.6 Å². The number of nitrogens with zero attached hydrogens (tertiary/aromatic N) is 5. The average molecular weight is 378 g/mol. The van der Waals surface area contributed by atoms with Gasteiger partial charge < -0.3 is 15.0 Å². The molecule has 1 aromatic carbocycles. The van der Waals surface area contributed by atoms with Crippen LogP contribution in [0, 0.1) is 0 Å². The van der Waals surface area contributed by atoms with E-state index in [0.717, 1.165) is 47.1 Å². The number of rotatable bonds is 4. The van der Waals surface area contributed by atoms with Crippen molar-refractivity contribution in [1.82, 2.24) is 24.3 Å². The second-order valence-electron chi connectivity index (χ2n) is 7.77. The van der Waals surface area contributed by atoms with Gasteiger partial charge in [-0.1, -0.05) is 6.07 Å². The summed E-state index contributed by atoms with van der Waals surface area (Å²) in [4.78, 5) is 21.1. The molecule has 0 spiro atoms. The fraction of sp³-hybridized carbons (Fsp3) is 0.400. The van der Waals surface area contributed by atoms with E-state index < -0.39 is 5.41 Å². The second kappa shape index (κ2) is 5.92. The van der Waals surface area contributed by atoms with Crippen molar-refractivity contribution in [1.29, 1.82) is 0 Å². The van der Waals surface area contributed by atoms with Gasteiger partial charge in [0.1, 0.15) is 30.2 Å². The number of benzene rings is 1. The normalized spacial score (nSPS) is 16.8. The number of carbonyl (C=O) groups is 1. The first-order valence-electron chi connectivity index (χ1n) is 9.54. The number of fused-ring (bicyclic) bond motifs is 3. The first-order chi connectivity index (χ1) is 13.5. The highest BCUT2D eigenvalue weighted by atomic mass is 16.5. The van der Waals surface area contributed by atoms with Crippen molar-refractivity contribution in [3.05, 3.63) is 36.3 Å². The number of aromatic nitrogens is 5. The molecule has 3 heterocycles. The fourth-order valence-electron chi connectivity index (χ4n) is 3.90. The summed E-state index contributed by atoms with van der Waals surface area (Å²) in [6.45, 7) is 5.34. The number of amides is 1. The van der Waals surface area contributed by atoms with Gasteiger partial charge in [0.25, 0.3) is 0 Å². The van der Waals surface area contributed by atoms with Crippen LogP contribution in [0.4, 0.5) is 0 Å². The standard InChI is InChI=1S/C20H22N6O2/c1-12(2)26-18(22-11-23-26)15-10-25-7-8-28-16-9-13(20(5-6-20)19(21)27)3-4-14(16)17(25)24-15/h3-4,9-12H,5-8H2,1-2H3,(H2,21,27). The van der Waals surface area contributed by atoms with E-state index in [1.54, 1.807) is 6.33 Å². The summed E-state index contributed by atoms with van der Waals surface area (Å²) in [6.07, 6.45) is 5.15. The van der Waals surface area contributed by atoms with Gasteiger partial charge in [-0.2, -0.15) is 5.10 Å². The molecule has 2 N–H and O–H groups in total. The summed E-state index contributed by atoms with van der Waals surface area (Å²) in [7, 11) is 0. The number of nitrogens with two attached hydrogens (primary N) is 1. The molecule has 2 aromatic heterocycles. The lowest BCUT2D eigenvalue weighted by atomic mass is 9.93. The Morgan fingerprint density at radius 2 is 2.11 bits per heavy atom. The van der Waals surface area contributed by atoms with E-state index in [1.807, 2.05) is 29.1 Å². The van der Waals surface area contributed by atoms with Gasteiger partial charge in [0.15, 0.2) is 5.82 Å². The lowest BCUT2D eigenvalue weighted by Crippen LogP contribution is -2.28. The number of carbonyl (C=O) groups excluding carboxylic acids is 1. The molecule has 1 aliphatic heterocycles. The predicted molar refractivity (Wildman–Crippen MR) is 103 cm³/mol. The number of hydrogen-bond acceptors (Lipinski definition) is 5. The third-order valence-electron chi connectivity index (χ3n) is 5.65. The zero-order valence-corrected chi connectivity index (χ0v) is 15.9. The van der Waals surface area contributed by atoms with Crippen molar-refractivity contribution in [3.63, 3.8) is 0 Å². The lowest BCUT2D eigenvalue weighted by molar-refractivity contribution is -0.120. The Kier molecular flexibility index (Phi) is 3.59. The summed E-state index contributed by atoms with van der Waals surface area (Å²) in [5.41, 5.74) is 7.73. The molecule has 28 heavy (non-hydrogen) atoms. The monoisotopic (exact) mass is 378 g/mol. The predicted octanol–water partition coefficient (Wildman–Crippen LogP) is 2.30. The van der Waals surface area contributed by atoms with Crippen LogP contribution >= 0.6 is 0 Å². The van der Waals surface area contributed by atoms with Gasteiger partial charge >= 0.3 is 0 Å². The van der Waals surface area contributed by atoms with Crippen LogP contribution in [0.25, 0.3) is 22.9 Å². The SMILES string of the molecule is CC(C)n1ncnc1-c1cn2c(n1)-c1ccc(C3(C(N)=O)CC3)cc1OCC2. The molecule has 1 amide bonds. The van der Waals surface area contributed by atoms with Crippen LogP contribution in [-0.4, -0.2) is 36.8 Å². The average Bonchev–Trinajstić information content (AvgIpc) is 3.21. The molecule has 0 saturated heterocycles. The van der Waals surface area contributed by atoms with E-state index in [0.29, 0.717) is 13.2 Å². The summed E-state index contributed by atoms with van der Waals surface area (Å²) in [5.74, 6) is 2.06. The van der Waals surface area contributed by atoms with Gasteiger partial charge in [0.05, 0.1) is 17.5 Å². The molecule has 144 valence electrons. The van der Waals surface area contributed by atoms with Gasteiger partial charge in [-0.05, 0) is 44.4 Å². The molecule has 5 rings (SSSR count). The van der Waals surface area contributed by atoms with E-state index in [9.17, 15) is 4.79 Å². The van der Waals surface area contributed by atoms with Crippen molar-refractivity contribution in [2.45, 2.75) is 44.7 Å². The van der Waals surface area contributed by atoms with Crippen LogP contribution in [0.2, 0.25) is 0 Å². The molecule has 8 heteroatoms. The number of imidazole rings is 1. The minimum atomic E-state index is -0.529. The van der Waals surface area contributed by atoms with Crippen LogP contribution in [0.15, 0.2) is 30.7 Å². The highest BCUT2D eigenvalue weighted by Gasteiger charge is 2.50. The highest BCUT2D eigenvalue weighted by molar-refractivity contribution is 5.90. The third kappa shape index (κ3) is 2.44. The smallest absolute Gasteiger partial charge is 0.228 e. The van der Waals surface area contributed by atoms with Gasteiger partial charge in [0, 0.05) is 12.2 Å². The van der Waals surface area contributed by atoms with Gasteiger partial charge in [-0.3, -0.25) is 4.79 Å². The van der Waals surface area contributed by atoms with Crippen molar-refractivity contribution in [2.75, 3.05) is 6.61 Å². The molecule has 0 bridgehead atoms. The third-order valence-corrected chi connectivity index (χ3v) is 5.65. The summed E-state index contributed by atoms with van der Waals surface area (Å²) in [5, 5.41) is 4.31. The van der Waals surface area contributed by atoms with Crippen LogP contribution in [0.5, 0.6) is 5.75 Å². The number of ether oxygens (including phenoxy) is 1. The Morgan fingerprint density at radius 1 is 1.29 bits per heavy atom. The Morgan fingerprint density at radius 3 is 2.82 bits per heavy atom. The molecule has 2 aliphatic rings. The van der Waals surface area contributed by atoms with Gasteiger partial charge in [0.2, 0.25) is 5.91 Å². The van der Waals surface area contributed by atoms with E-state index >= 15 is 0 Å². The maximum absolute atomic E-state index is 11.9. The number of hydrogen-bond donors (Lipinski definition) is 1.